The van der Waals surface area contributed by atoms with Crippen molar-refractivity contribution in [3.8, 4) is 0 Å². The van der Waals surface area contributed by atoms with Crippen LogP contribution in [0.4, 0.5) is 4.79 Å². The summed E-state index contributed by atoms with van der Waals surface area (Å²) in [6.07, 6.45) is 0.625. The van der Waals surface area contributed by atoms with Crippen molar-refractivity contribution in [1.29, 1.82) is 0 Å². The third kappa shape index (κ3) is 1.54. The average Bonchev–Trinajstić information content (AvgIpc) is 2.09. The number of carboxylic acid groups (broad SMARTS) is 1. The SMILES string of the molecule is O=C(O)C=C1NC(=O)NC1=O. The number of carboxylic acids is 1. The van der Waals surface area contributed by atoms with Gasteiger partial charge in [0, 0.05) is 0 Å². The van der Waals surface area contributed by atoms with Crippen LogP contribution in [0.2, 0.25) is 0 Å². The van der Waals surface area contributed by atoms with Crippen molar-refractivity contribution in [3.05, 3.63) is 11.8 Å². The number of imide groups is 1. The molecular weight excluding hydrogens is 152 g/mol. The van der Waals surface area contributed by atoms with E-state index in [9.17, 15) is 14.4 Å². The molecule has 0 atom stereocenters. The van der Waals surface area contributed by atoms with Crippen molar-refractivity contribution in [3.63, 3.8) is 0 Å². The van der Waals surface area contributed by atoms with Gasteiger partial charge in [-0.15, -0.1) is 0 Å². The first kappa shape index (κ1) is 7.26. The number of rotatable bonds is 1. The molecule has 1 rings (SSSR count). The van der Waals surface area contributed by atoms with E-state index in [4.69, 9.17) is 5.11 Å². The molecule has 6 heteroatoms. The van der Waals surface area contributed by atoms with E-state index in [1.807, 2.05) is 10.6 Å². The molecule has 11 heavy (non-hydrogen) atoms. The minimum Gasteiger partial charge on any atom is -0.478 e. The van der Waals surface area contributed by atoms with Crippen LogP contribution >= 0.6 is 0 Å². The highest BCUT2D eigenvalue weighted by Gasteiger charge is 2.23. The number of carbonyl (C=O) groups is 3. The Morgan fingerprint density at radius 1 is 1.36 bits per heavy atom. The number of hydrogen-bond acceptors (Lipinski definition) is 3. The van der Waals surface area contributed by atoms with Gasteiger partial charge in [-0.25, -0.2) is 9.59 Å². The maximum atomic E-state index is 10.6. The Kier molecular flexibility index (Phi) is 1.59. The zero-order valence-corrected chi connectivity index (χ0v) is 5.25. The Hall–Kier alpha value is -1.85. The largest absolute Gasteiger partial charge is 0.478 e. The molecule has 6 nitrogen and oxygen atoms in total. The van der Waals surface area contributed by atoms with Gasteiger partial charge in [-0.1, -0.05) is 0 Å². The van der Waals surface area contributed by atoms with Gasteiger partial charge >= 0.3 is 12.0 Å². The standard InChI is InChI=1S/C5H4N2O4/c8-3(9)1-2-4(10)7-5(11)6-2/h1H,(H,8,9)(H2,6,7,10,11). The number of hydrogen-bond donors (Lipinski definition) is 3. The lowest BCUT2D eigenvalue weighted by atomic mass is 10.4. The average molecular weight is 156 g/mol. The third-order valence-corrected chi connectivity index (χ3v) is 0.988. The fraction of sp³-hybridized carbons (Fsp3) is 0. The summed E-state index contributed by atoms with van der Waals surface area (Å²) in [5.74, 6) is -2.00. The Morgan fingerprint density at radius 3 is 2.36 bits per heavy atom. The summed E-state index contributed by atoms with van der Waals surface area (Å²) in [6, 6.07) is -0.706. The van der Waals surface area contributed by atoms with E-state index in [-0.39, 0.29) is 5.70 Å². The van der Waals surface area contributed by atoms with Crippen LogP contribution < -0.4 is 10.6 Å². The molecule has 0 spiro atoms. The Bertz CT molecular complexity index is 268. The number of amides is 3. The lowest BCUT2D eigenvalue weighted by molar-refractivity contribution is -0.131. The molecule has 0 aromatic rings. The van der Waals surface area contributed by atoms with Crippen molar-refractivity contribution in [2.24, 2.45) is 0 Å². The molecule has 0 aromatic heterocycles. The van der Waals surface area contributed by atoms with Crippen LogP contribution in [0.5, 0.6) is 0 Å². The number of carbonyl (C=O) groups excluding carboxylic acids is 2. The predicted molar refractivity (Wildman–Crippen MR) is 32.4 cm³/mol. The summed E-state index contributed by atoms with van der Waals surface area (Å²) in [7, 11) is 0. The molecule has 0 radical (unpaired) electrons. The molecule has 0 bridgehead atoms. The van der Waals surface area contributed by atoms with Crippen LogP contribution in [0.1, 0.15) is 0 Å². The highest BCUT2D eigenvalue weighted by atomic mass is 16.4. The molecule has 0 saturated carbocycles. The molecule has 0 aromatic carbocycles. The minimum absolute atomic E-state index is 0.248. The van der Waals surface area contributed by atoms with E-state index < -0.39 is 17.9 Å². The molecule has 1 aliphatic heterocycles. The van der Waals surface area contributed by atoms with E-state index in [2.05, 4.69) is 0 Å². The van der Waals surface area contributed by atoms with E-state index in [0.717, 1.165) is 0 Å². The number of urea groups is 1. The molecule has 1 aliphatic rings. The van der Waals surface area contributed by atoms with Gasteiger partial charge in [0.25, 0.3) is 5.91 Å². The summed E-state index contributed by atoms with van der Waals surface area (Å²) in [4.78, 5) is 31.0. The normalized spacial score (nSPS) is 19.8. The van der Waals surface area contributed by atoms with Gasteiger partial charge in [-0.3, -0.25) is 10.1 Å². The van der Waals surface area contributed by atoms with Gasteiger partial charge in [-0.2, -0.15) is 0 Å². The van der Waals surface area contributed by atoms with Gasteiger partial charge < -0.3 is 10.4 Å². The third-order valence-electron chi connectivity index (χ3n) is 0.988. The second kappa shape index (κ2) is 2.41. The minimum atomic E-state index is -1.28. The molecular formula is C5H4N2O4. The van der Waals surface area contributed by atoms with Crippen molar-refractivity contribution in [2.75, 3.05) is 0 Å². The van der Waals surface area contributed by atoms with Gasteiger partial charge in [0.2, 0.25) is 0 Å². The van der Waals surface area contributed by atoms with E-state index in [1.165, 1.54) is 0 Å². The first-order chi connectivity index (χ1) is 5.09. The maximum Gasteiger partial charge on any atom is 0.330 e. The quantitative estimate of drug-likeness (QED) is 0.328. The fourth-order valence-corrected chi connectivity index (χ4v) is 0.606. The molecule has 0 unspecified atom stereocenters. The Labute approximate surface area is 60.9 Å². The van der Waals surface area contributed by atoms with Gasteiger partial charge in [0.15, 0.2) is 0 Å². The van der Waals surface area contributed by atoms with Crippen molar-refractivity contribution >= 4 is 17.9 Å². The zero-order chi connectivity index (χ0) is 8.43. The van der Waals surface area contributed by atoms with Crippen molar-refractivity contribution in [1.82, 2.24) is 10.6 Å². The van der Waals surface area contributed by atoms with Crippen molar-refractivity contribution < 1.29 is 19.5 Å². The topological polar surface area (TPSA) is 95.5 Å². The number of nitrogens with one attached hydrogen (secondary N) is 2. The van der Waals surface area contributed by atoms with E-state index >= 15 is 0 Å². The van der Waals surface area contributed by atoms with Crippen molar-refractivity contribution in [2.45, 2.75) is 0 Å². The molecule has 58 valence electrons. The first-order valence-corrected chi connectivity index (χ1v) is 2.66. The van der Waals surface area contributed by atoms with E-state index in [0.29, 0.717) is 6.08 Å². The van der Waals surface area contributed by atoms with Crippen LogP contribution in [0.25, 0.3) is 0 Å². The molecule has 1 heterocycles. The maximum absolute atomic E-state index is 10.6. The molecule has 1 fully saturated rings. The summed E-state index contributed by atoms with van der Waals surface area (Å²) in [5, 5.41) is 12.0. The van der Waals surface area contributed by atoms with Crippen LogP contribution in [0.15, 0.2) is 11.8 Å². The monoisotopic (exact) mass is 156 g/mol. The first-order valence-electron chi connectivity index (χ1n) is 2.66. The van der Waals surface area contributed by atoms with E-state index in [1.54, 1.807) is 0 Å². The highest BCUT2D eigenvalue weighted by molar-refractivity contribution is 6.13. The van der Waals surface area contributed by atoms with Crippen LogP contribution in [0, 0.1) is 0 Å². The second-order valence-corrected chi connectivity index (χ2v) is 1.80. The summed E-state index contributed by atoms with van der Waals surface area (Å²) in [6.45, 7) is 0. The fourth-order valence-electron chi connectivity index (χ4n) is 0.606. The predicted octanol–water partition coefficient (Wildman–Crippen LogP) is -1.21. The molecule has 3 N–H and O–H groups in total. The van der Waals surface area contributed by atoms with Gasteiger partial charge in [0.1, 0.15) is 5.70 Å². The Morgan fingerprint density at radius 2 is 2.00 bits per heavy atom. The molecule has 0 aliphatic carbocycles. The highest BCUT2D eigenvalue weighted by Crippen LogP contribution is 1.95. The zero-order valence-electron chi connectivity index (χ0n) is 5.25. The Balaban J connectivity index is 2.83. The smallest absolute Gasteiger partial charge is 0.330 e. The van der Waals surface area contributed by atoms with Crippen LogP contribution in [-0.2, 0) is 9.59 Å². The van der Waals surface area contributed by atoms with Gasteiger partial charge in [-0.05, 0) is 0 Å². The summed E-state index contributed by atoms with van der Waals surface area (Å²) >= 11 is 0. The summed E-state index contributed by atoms with van der Waals surface area (Å²) < 4.78 is 0. The lowest BCUT2D eigenvalue weighted by Crippen LogP contribution is -2.22. The van der Waals surface area contributed by atoms with Crippen LogP contribution in [0.3, 0.4) is 0 Å². The summed E-state index contributed by atoms with van der Waals surface area (Å²) in [5.41, 5.74) is -0.248. The number of aliphatic carboxylic acids is 1. The lowest BCUT2D eigenvalue weighted by Gasteiger charge is -1.87. The second-order valence-electron chi connectivity index (χ2n) is 1.80. The molecule has 3 amide bonds. The van der Waals surface area contributed by atoms with Gasteiger partial charge in [0.05, 0.1) is 6.08 Å². The molecule has 1 saturated heterocycles. The van der Waals surface area contributed by atoms with Crippen LogP contribution in [-0.4, -0.2) is 23.0 Å².